The lowest BCUT2D eigenvalue weighted by molar-refractivity contribution is 0.177. The zero-order valence-electron chi connectivity index (χ0n) is 7.87. The van der Waals surface area contributed by atoms with E-state index in [0.29, 0.717) is 5.56 Å². The second kappa shape index (κ2) is 5.58. The molecule has 4 nitrogen and oxygen atoms in total. The van der Waals surface area contributed by atoms with Gasteiger partial charge < -0.3 is 15.2 Å². The van der Waals surface area contributed by atoms with Crippen molar-refractivity contribution in [3.8, 4) is 5.75 Å². The van der Waals surface area contributed by atoms with E-state index in [2.05, 4.69) is 50.5 Å². The summed E-state index contributed by atoms with van der Waals surface area (Å²) in [5, 5.41) is 12.5. The highest BCUT2D eigenvalue weighted by atomic mass is 127. The standard InChI is InChI=1S/C9H7I2NO3.ClH/c10-4-1-5(8(13)6(11)2-4)7-3-15-9(14)12-7;/h1-2,7,13H,3H2,(H,12,14);1H/t7-;/m0./s1. The SMILES string of the molecule is Cl.O=C1N[C@H](c2cc(I)cc(I)c2O)CO1. The number of benzene rings is 1. The number of nitrogens with one attached hydrogen (secondary N) is 1. The van der Waals surface area contributed by atoms with Crippen LogP contribution in [0.3, 0.4) is 0 Å². The van der Waals surface area contributed by atoms with Crippen molar-refractivity contribution < 1.29 is 14.6 Å². The van der Waals surface area contributed by atoms with Crippen molar-refractivity contribution in [1.29, 1.82) is 0 Å². The van der Waals surface area contributed by atoms with Crippen LogP contribution < -0.4 is 5.32 Å². The Morgan fingerprint density at radius 3 is 2.69 bits per heavy atom. The average Bonchev–Trinajstić information content (AvgIpc) is 2.58. The summed E-state index contributed by atoms with van der Waals surface area (Å²) in [6.07, 6.45) is -0.437. The quantitative estimate of drug-likeness (QED) is 0.625. The van der Waals surface area contributed by atoms with Crippen molar-refractivity contribution in [3.63, 3.8) is 0 Å². The Bertz CT molecular complexity index is 427. The number of rotatable bonds is 1. The first-order valence-corrected chi connectivity index (χ1v) is 6.35. The predicted octanol–water partition coefficient (Wildman–Crippen LogP) is 2.80. The maximum absolute atomic E-state index is 10.9. The number of ether oxygens (including phenoxy) is 1. The van der Waals surface area contributed by atoms with Crippen LogP contribution in [0.15, 0.2) is 12.1 Å². The lowest BCUT2D eigenvalue weighted by atomic mass is 10.1. The number of hydrogen-bond acceptors (Lipinski definition) is 3. The van der Waals surface area contributed by atoms with Crippen LogP contribution in [-0.2, 0) is 4.74 Å². The van der Waals surface area contributed by atoms with Crippen LogP contribution in [0, 0.1) is 7.14 Å². The summed E-state index contributed by atoms with van der Waals surface area (Å²) in [4.78, 5) is 10.9. The summed E-state index contributed by atoms with van der Waals surface area (Å²) in [5.74, 6) is 0.215. The third-order valence-corrected chi connectivity index (χ3v) is 3.55. The number of aromatic hydroxyl groups is 1. The van der Waals surface area contributed by atoms with Crippen LogP contribution in [0.4, 0.5) is 4.79 Å². The molecule has 0 saturated carbocycles. The molecule has 0 aromatic heterocycles. The van der Waals surface area contributed by atoms with Crippen molar-refractivity contribution in [1.82, 2.24) is 5.32 Å². The molecule has 0 unspecified atom stereocenters. The fourth-order valence-electron chi connectivity index (χ4n) is 1.40. The van der Waals surface area contributed by atoms with E-state index in [1.807, 2.05) is 12.1 Å². The Hall–Kier alpha value is 0.0400. The molecule has 16 heavy (non-hydrogen) atoms. The molecule has 1 aliphatic rings. The third-order valence-electron chi connectivity index (χ3n) is 2.11. The fourth-order valence-corrected chi connectivity index (χ4v) is 3.29. The number of carbonyl (C=O) groups excluding carboxylic acids is 1. The van der Waals surface area contributed by atoms with Gasteiger partial charge in [-0.3, -0.25) is 0 Å². The average molecular weight is 467 g/mol. The van der Waals surface area contributed by atoms with Gasteiger partial charge in [0.05, 0.1) is 9.61 Å². The number of phenols is 1. The van der Waals surface area contributed by atoms with Crippen molar-refractivity contribution >= 4 is 63.7 Å². The molecule has 1 saturated heterocycles. The number of alkyl carbamates (subject to hydrolysis) is 1. The molecule has 1 heterocycles. The first-order chi connectivity index (χ1) is 7.08. The molecule has 2 rings (SSSR count). The normalized spacial score (nSPS) is 18.6. The van der Waals surface area contributed by atoms with Crippen molar-refractivity contribution in [2.45, 2.75) is 6.04 Å². The Morgan fingerprint density at radius 2 is 2.12 bits per heavy atom. The van der Waals surface area contributed by atoms with Gasteiger partial charge in [0.25, 0.3) is 0 Å². The summed E-state index contributed by atoms with van der Waals surface area (Å²) in [7, 11) is 0. The van der Waals surface area contributed by atoms with Crippen LogP contribution in [-0.4, -0.2) is 17.8 Å². The van der Waals surface area contributed by atoms with Gasteiger partial charge in [-0.05, 0) is 57.3 Å². The van der Waals surface area contributed by atoms with Crippen LogP contribution in [0.25, 0.3) is 0 Å². The Balaban J connectivity index is 0.00000128. The Morgan fingerprint density at radius 1 is 1.44 bits per heavy atom. The summed E-state index contributed by atoms with van der Waals surface area (Å²) in [5.41, 5.74) is 0.706. The van der Waals surface area contributed by atoms with E-state index < -0.39 is 6.09 Å². The van der Waals surface area contributed by atoms with Gasteiger partial charge in [-0.1, -0.05) is 0 Å². The highest BCUT2D eigenvalue weighted by Crippen LogP contribution is 2.32. The molecular weight excluding hydrogens is 459 g/mol. The number of phenolic OH excluding ortho intramolecular Hbond substituents is 1. The highest BCUT2D eigenvalue weighted by Gasteiger charge is 2.27. The van der Waals surface area contributed by atoms with Crippen LogP contribution in [0.2, 0.25) is 0 Å². The lowest BCUT2D eigenvalue weighted by Gasteiger charge is -2.11. The summed E-state index contributed by atoms with van der Waals surface area (Å²) < 4.78 is 6.58. The number of halogens is 3. The van der Waals surface area contributed by atoms with Gasteiger partial charge in [-0.2, -0.15) is 0 Å². The summed E-state index contributed by atoms with van der Waals surface area (Å²) >= 11 is 4.23. The topological polar surface area (TPSA) is 58.6 Å². The minimum Gasteiger partial charge on any atom is -0.506 e. The molecule has 1 aliphatic heterocycles. The van der Waals surface area contributed by atoms with Gasteiger partial charge in [0.2, 0.25) is 0 Å². The van der Waals surface area contributed by atoms with E-state index >= 15 is 0 Å². The molecule has 1 fully saturated rings. The van der Waals surface area contributed by atoms with Gasteiger partial charge >= 0.3 is 6.09 Å². The number of cyclic esters (lactones) is 1. The molecule has 0 radical (unpaired) electrons. The molecule has 88 valence electrons. The minimum atomic E-state index is -0.437. The van der Waals surface area contributed by atoms with E-state index in [1.54, 1.807) is 0 Å². The molecule has 7 heteroatoms. The number of carbonyl (C=O) groups is 1. The molecule has 2 N–H and O–H groups in total. The molecular formula is C9H8ClI2NO3. The smallest absolute Gasteiger partial charge is 0.407 e. The first kappa shape index (κ1) is 14.1. The molecule has 0 spiro atoms. The third kappa shape index (κ3) is 2.83. The largest absolute Gasteiger partial charge is 0.506 e. The molecule has 1 atom stereocenters. The predicted molar refractivity (Wildman–Crippen MR) is 78.0 cm³/mol. The summed E-state index contributed by atoms with van der Waals surface area (Å²) in [6, 6.07) is 3.47. The highest BCUT2D eigenvalue weighted by molar-refractivity contribution is 14.1. The van der Waals surface area contributed by atoms with E-state index in [0.717, 1.165) is 7.14 Å². The van der Waals surface area contributed by atoms with Crippen molar-refractivity contribution in [3.05, 3.63) is 24.8 Å². The molecule has 0 bridgehead atoms. The fraction of sp³-hybridized carbons (Fsp3) is 0.222. The van der Waals surface area contributed by atoms with Gasteiger partial charge in [0.15, 0.2) is 0 Å². The van der Waals surface area contributed by atoms with Crippen LogP contribution in [0.1, 0.15) is 11.6 Å². The maximum atomic E-state index is 10.9. The van der Waals surface area contributed by atoms with E-state index in [1.165, 1.54) is 0 Å². The lowest BCUT2D eigenvalue weighted by Crippen LogP contribution is -2.18. The van der Waals surface area contributed by atoms with Gasteiger partial charge in [-0.15, -0.1) is 12.4 Å². The monoisotopic (exact) mass is 467 g/mol. The second-order valence-corrected chi connectivity index (χ2v) is 5.53. The molecule has 1 aromatic rings. The van der Waals surface area contributed by atoms with Crippen LogP contribution in [0.5, 0.6) is 5.75 Å². The molecule has 1 amide bonds. The van der Waals surface area contributed by atoms with E-state index in [9.17, 15) is 9.90 Å². The van der Waals surface area contributed by atoms with Crippen molar-refractivity contribution in [2.75, 3.05) is 6.61 Å². The first-order valence-electron chi connectivity index (χ1n) is 4.19. The van der Waals surface area contributed by atoms with E-state index in [4.69, 9.17) is 4.74 Å². The van der Waals surface area contributed by atoms with Crippen molar-refractivity contribution in [2.24, 2.45) is 0 Å². The van der Waals surface area contributed by atoms with Gasteiger partial charge in [0, 0.05) is 9.13 Å². The zero-order chi connectivity index (χ0) is 11.0. The Kier molecular flexibility index (Phi) is 4.92. The second-order valence-electron chi connectivity index (χ2n) is 3.12. The zero-order valence-corrected chi connectivity index (χ0v) is 13.0. The molecule has 0 aliphatic carbocycles. The van der Waals surface area contributed by atoms with E-state index in [-0.39, 0.29) is 30.8 Å². The summed E-state index contributed by atoms with van der Waals surface area (Å²) in [6.45, 7) is 0.266. The maximum Gasteiger partial charge on any atom is 0.407 e. The van der Waals surface area contributed by atoms with Gasteiger partial charge in [0.1, 0.15) is 12.4 Å². The number of hydrogen-bond donors (Lipinski definition) is 2. The Labute approximate surface area is 126 Å². The number of amides is 1. The van der Waals surface area contributed by atoms with Crippen LogP contribution >= 0.6 is 57.6 Å². The minimum absolute atomic E-state index is 0. The van der Waals surface area contributed by atoms with Gasteiger partial charge in [-0.25, -0.2) is 4.79 Å². The molecule has 1 aromatic carbocycles.